The van der Waals surface area contributed by atoms with Crippen LogP contribution in [0, 0.1) is 5.92 Å². The fourth-order valence-electron chi connectivity index (χ4n) is 2.79. The van der Waals surface area contributed by atoms with Crippen LogP contribution in [0.3, 0.4) is 0 Å². The predicted octanol–water partition coefficient (Wildman–Crippen LogP) is 2.81. The maximum Gasteiger partial charge on any atom is 0.231 e. The summed E-state index contributed by atoms with van der Waals surface area (Å²) in [7, 11) is 0. The first-order valence-corrected chi connectivity index (χ1v) is 6.84. The Morgan fingerprint density at radius 2 is 2.15 bits per heavy atom. The fourth-order valence-corrected chi connectivity index (χ4v) is 2.79. The van der Waals surface area contributed by atoms with Crippen LogP contribution in [0.2, 0.25) is 0 Å². The van der Waals surface area contributed by atoms with E-state index in [2.05, 4.69) is 22.4 Å². The van der Waals surface area contributed by atoms with Gasteiger partial charge in [-0.1, -0.05) is 30.3 Å². The maximum atomic E-state index is 5.53. The Bertz CT molecular complexity index is 746. The summed E-state index contributed by atoms with van der Waals surface area (Å²) in [6.45, 7) is 4.09. The molecule has 4 rings (SSSR count). The molecule has 1 fully saturated rings. The summed E-state index contributed by atoms with van der Waals surface area (Å²) in [4.78, 5) is 4.56. The highest BCUT2D eigenvalue weighted by atomic mass is 16.5. The number of nitrogens with zero attached hydrogens (tertiary/aromatic N) is 2. The van der Waals surface area contributed by atoms with Crippen LogP contribution >= 0.6 is 0 Å². The molecule has 0 spiro atoms. The predicted molar refractivity (Wildman–Crippen MR) is 74.3 cm³/mol. The summed E-state index contributed by atoms with van der Waals surface area (Å²) in [5.74, 6) is 2.13. The Hall–Kier alpha value is -2.14. The van der Waals surface area contributed by atoms with Gasteiger partial charge in [0.15, 0.2) is 0 Å². The quantitative estimate of drug-likeness (QED) is 0.775. The van der Waals surface area contributed by atoms with Gasteiger partial charge in [0, 0.05) is 11.9 Å². The maximum absolute atomic E-state index is 5.53. The average Bonchev–Trinajstić information content (AvgIpc) is 3.15. The van der Waals surface area contributed by atoms with Crippen LogP contribution in [-0.2, 0) is 0 Å². The van der Waals surface area contributed by atoms with Gasteiger partial charge in [0.05, 0.1) is 11.5 Å². The van der Waals surface area contributed by atoms with Crippen molar-refractivity contribution in [3.05, 3.63) is 36.4 Å². The van der Waals surface area contributed by atoms with Gasteiger partial charge in [-0.2, -0.15) is 4.98 Å². The van der Waals surface area contributed by atoms with Gasteiger partial charge < -0.3 is 14.3 Å². The summed E-state index contributed by atoms with van der Waals surface area (Å²) in [6, 6.07) is 7.86. The number of nitrogens with one attached hydrogen (secondary N) is 1. The molecule has 0 bridgehead atoms. The molecule has 1 aliphatic rings. The minimum Gasteiger partial charge on any atom is -0.464 e. The number of furan rings is 1. The monoisotopic (exact) mass is 269 g/mol. The molecule has 1 saturated heterocycles. The van der Waals surface area contributed by atoms with Crippen molar-refractivity contribution in [2.45, 2.75) is 12.8 Å². The second-order valence-corrected chi connectivity index (χ2v) is 5.34. The largest absolute Gasteiger partial charge is 0.464 e. The highest BCUT2D eigenvalue weighted by molar-refractivity contribution is 5.91. The van der Waals surface area contributed by atoms with Crippen LogP contribution in [0.4, 0.5) is 0 Å². The van der Waals surface area contributed by atoms with Gasteiger partial charge in [-0.25, -0.2) is 0 Å². The van der Waals surface area contributed by atoms with Crippen LogP contribution in [0.25, 0.3) is 22.4 Å². The number of hydrogen-bond acceptors (Lipinski definition) is 5. The highest BCUT2D eigenvalue weighted by Gasteiger charge is 2.30. The molecular weight excluding hydrogens is 254 g/mol. The topological polar surface area (TPSA) is 64.1 Å². The average molecular weight is 269 g/mol. The first-order chi connectivity index (χ1) is 9.83. The van der Waals surface area contributed by atoms with E-state index in [-0.39, 0.29) is 0 Å². The molecule has 3 heterocycles. The van der Waals surface area contributed by atoms with Gasteiger partial charge in [-0.15, -0.1) is 0 Å². The number of aromatic nitrogens is 2. The summed E-state index contributed by atoms with van der Waals surface area (Å²) in [6.07, 6.45) is 1.69. The summed E-state index contributed by atoms with van der Waals surface area (Å²) in [5, 5.41) is 8.47. The fraction of sp³-hybridized carbons (Fsp3) is 0.333. The van der Waals surface area contributed by atoms with E-state index in [4.69, 9.17) is 8.94 Å². The zero-order valence-electron chi connectivity index (χ0n) is 11.2. The molecule has 0 saturated carbocycles. The van der Waals surface area contributed by atoms with Crippen molar-refractivity contribution in [2.24, 2.45) is 5.92 Å². The van der Waals surface area contributed by atoms with Crippen molar-refractivity contribution in [3.8, 4) is 11.4 Å². The lowest BCUT2D eigenvalue weighted by atomic mass is 9.98. The van der Waals surface area contributed by atoms with Crippen LogP contribution in [0.15, 0.2) is 39.5 Å². The first kappa shape index (κ1) is 11.7. The molecule has 3 aromatic rings. The molecule has 1 N–H and O–H groups in total. The summed E-state index contributed by atoms with van der Waals surface area (Å²) < 4.78 is 11.0. The zero-order chi connectivity index (χ0) is 13.5. The SMILES string of the molecule is CC1CNCC1c1nc(-c2coc3ccccc23)no1. The second-order valence-electron chi connectivity index (χ2n) is 5.34. The normalized spacial score (nSPS) is 22.6. The number of fused-ring (bicyclic) bond motifs is 1. The van der Waals surface area contributed by atoms with Crippen molar-refractivity contribution in [2.75, 3.05) is 13.1 Å². The molecule has 2 unspecified atom stereocenters. The number of benzene rings is 1. The third kappa shape index (κ3) is 1.74. The third-order valence-corrected chi connectivity index (χ3v) is 4.00. The lowest BCUT2D eigenvalue weighted by Gasteiger charge is -2.07. The first-order valence-electron chi connectivity index (χ1n) is 6.84. The van der Waals surface area contributed by atoms with Crippen LogP contribution in [0.5, 0.6) is 0 Å². The Morgan fingerprint density at radius 3 is 3.00 bits per heavy atom. The van der Waals surface area contributed by atoms with E-state index in [0.717, 1.165) is 29.6 Å². The molecule has 0 radical (unpaired) electrons. The van der Waals surface area contributed by atoms with Crippen molar-refractivity contribution >= 4 is 11.0 Å². The molecule has 0 amide bonds. The molecule has 2 aromatic heterocycles. The molecular formula is C15H15N3O2. The van der Waals surface area contributed by atoms with Crippen molar-refractivity contribution < 1.29 is 8.94 Å². The number of rotatable bonds is 2. The minimum atomic E-state index is 0.300. The molecule has 5 heteroatoms. The third-order valence-electron chi connectivity index (χ3n) is 4.00. The molecule has 102 valence electrons. The second kappa shape index (κ2) is 4.45. The minimum absolute atomic E-state index is 0.300. The molecule has 1 aromatic carbocycles. The van der Waals surface area contributed by atoms with Crippen LogP contribution in [-0.4, -0.2) is 23.2 Å². The van der Waals surface area contributed by atoms with Gasteiger partial charge in [0.25, 0.3) is 0 Å². The number of para-hydroxylation sites is 1. The van der Waals surface area contributed by atoms with Crippen molar-refractivity contribution in [3.63, 3.8) is 0 Å². The van der Waals surface area contributed by atoms with Gasteiger partial charge in [0.1, 0.15) is 11.8 Å². The van der Waals surface area contributed by atoms with Gasteiger partial charge in [0.2, 0.25) is 11.7 Å². The van der Waals surface area contributed by atoms with E-state index in [9.17, 15) is 0 Å². The standard InChI is InChI=1S/C15H15N3O2/c1-9-6-16-7-11(9)15-17-14(18-20-15)12-8-19-13-5-3-2-4-10(12)13/h2-5,8-9,11,16H,6-7H2,1H3. The van der Waals surface area contributed by atoms with E-state index in [1.807, 2.05) is 24.3 Å². The van der Waals surface area contributed by atoms with Crippen molar-refractivity contribution in [1.82, 2.24) is 15.5 Å². The lowest BCUT2D eigenvalue weighted by Crippen LogP contribution is -2.08. The van der Waals surface area contributed by atoms with Crippen LogP contribution < -0.4 is 5.32 Å². The molecule has 1 aliphatic heterocycles. The van der Waals surface area contributed by atoms with E-state index in [1.54, 1.807) is 6.26 Å². The Labute approximate surface area is 116 Å². The lowest BCUT2D eigenvalue weighted by molar-refractivity contribution is 0.340. The molecule has 20 heavy (non-hydrogen) atoms. The van der Waals surface area contributed by atoms with Gasteiger partial charge in [-0.05, 0) is 18.5 Å². The smallest absolute Gasteiger partial charge is 0.231 e. The molecule has 0 aliphatic carbocycles. The Morgan fingerprint density at radius 1 is 1.25 bits per heavy atom. The van der Waals surface area contributed by atoms with E-state index in [1.165, 1.54) is 0 Å². The molecule has 5 nitrogen and oxygen atoms in total. The molecule has 2 atom stereocenters. The van der Waals surface area contributed by atoms with E-state index < -0.39 is 0 Å². The zero-order valence-corrected chi connectivity index (χ0v) is 11.2. The van der Waals surface area contributed by atoms with Gasteiger partial charge >= 0.3 is 0 Å². The highest BCUT2D eigenvalue weighted by Crippen LogP contribution is 2.31. The van der Waals surface area contributed by atoms with Gasteiger partial charge in [-0.3, -0.25) is 0 Å². The van der Waals surface area contributed by atoms with E-state index in [0.29, 0.717) is 23.6 Å². The number of hydrogen-bond donors (Lipinski definition) is 1. The Kier molecular flexibility index (Phi) is 2.60. The van der Waals surface area contributed by atoms with Crippen molar-refractivity contribution in [1.29, 1.82) is 0 Å². The summed E-state index contributed by atoms with van der Waals surface area (Å²) >= 11 is 0. The Balaban J connectivity index is 1.74. The van der Waals surface area contributed by atoms with E-state index >= 15 is 0 Å². The van der Waals surface area contributed by atoms with Crippen LogP contribution in [0.1, 0.15) is 18.7 Å². The summed E-state index contributed by atoms with van der Waals surface area (Å²) in [5.41, 5.74) is 1.72.